The van der Waals surface area contributed by atoms with Gasteiger partial charge in [0, 0.05) is 6.54 Å². The van der Waals surface area contributed by atoms with Crippen LogP contribution in [0.15, 0.2) is 48.5 Å². The van der Waals surface area contributed by atoms with Gasteiger partial charge in [0.05, 0.1) is 18.8 Å². The van der Waals surface area contributed by atoms with E-state index in [2.05, 4.69) is 5.32 Å². The molecular formula is C18H18F3NO4. The molecule has 26 heavy (non-hydrogen) atoms. The number of alkyl halides is 3. The lowest BCUT2D eigenvalue weighted by Crippen LogP contribution is -2.32. The highest BCUT2D eigenvalue weighted by atomic mass is 19.4. The van der Waals surface area contributed by atoms with Crippen LogP contribution in [0.1, 0.15) is 17.2 Å². The second-order valence-corrected chi connectivity index (χ2v) is 5.40. The van der Waals surface area contributed by atoms with Gasteiger partial charge in [0.25, 0.3) is 5.91 Å². The van der Waals surface area contributed by atoms with Gasteiger partial charge in [0.15, 0.2) is 6.61 Å². The maximum absolute atomic E-state index is 12.5. The number of benzene rings is 2. The summed E-state index contributed by atoms with van der Waals surface area (Å²) in [5.74, 6) is 0.288. The maximum atomic E-state index is 12.5. The summed E-state index contributed by atoms with van der Waals surface area (Å²) in [5.41, 5.74) is -0.188. The van der Waals surface area contributed by atoms with Crippen molar-refractivity contribution in [1.82, 2.24) is 5.32 Å². The molecule has 0 aliphatic heterocycles. The molecule has 0 radical (unpaired) electrons. The molecule has 0 heterocycles. The molecule has 0 aliphatic rings. The third-order valence-electron chi connectivity index (χ3n) is 3.54. The fraction of sp³-hybridized carbons (Fsp3) is 0.278. The van der Waals surface area contributed by atoms with E-state index < -0.39 is 23.8 Å². The zero-order chi connectivity index (χ0) is 19.2. The summed E-state index contributed by atoms with van der Waals surface area (Å²) in [6.45, 7) is -0.401. The second-order valence-electron chi connectivity index (χ2n) is 5.40. The van der Waals surface area contributed by atoms with Gasteiger partial charge in [-0.15, -0.1) is 0 Å². The lowest BCUT2D eigenvalue weighted by atomic mass is 10.1. The number of methoxy groups -OCH3 is 1. The second kappa shape index (κ2) is 8.57. The van der Waals surface area contributed by atoms with E-state index in [0.717, 1.165) is 24.3 Å². The highest BCUT2D eigenvalue weighted by Crippen LogP contribution is 2.30. The van der Waals surface area contributed by atoms with Gasteiger partial charge < -0.3 is 19.9 Å². The fourth-order valence-electron chi connectivity index (χ4n) is 2.09. The van der Waals surface area contributed by atoms with Crippen molar-refractivity contribution < 1.29 is 32.5 Å². The maximum Gasteiger partial charge on any atom is 0.416 e. The molecule has 8 heteroatoms. The van der Waals surface area contributed by atoms with Crippen LogP contribution < -0.4 is 14.8 Å². The number of amides is 1. The molecule has 140 valence electrons. The van der Waals surface area contributed by atoms with Gasteiger partial charge in [-0.2, -0.15) is 13.2 Å². The highest BCUT2D eigenvalue weighted by Gasteiger charge is 2.30. The topological polar surface area (TPSA) is 67.8 Å². The minimum absolute atomic E-state index is 0.0263. The van der Waals surface area contributed by atoms with Crippen LogP contribution in [0.3, 0.4) is 0 Å². The van der Waals surface area contributed by atoms with Gasteiger partial charge in [0.1, 0.15) is 11.5 Å². The van der Waals surface area contributed by atoms with Crippen molar-refractivity contribution in [3.8, 4) is 11.5 Å². The van der Waals surface area contributed by atoms with Crippen LogP contribution in [0.4, 0.5) is 13.2 Å². The standard InChI is InChI=1S/C18H18F3NO4/c1-25-14-6-2-12(3-7-14)16(23)10-22-17(24)11-26-15-8-4-13(5-9-15)18(19,20)21/h2-9,16,23H,10-11H2,1H3,(H,22,24). The van der Waals surface area contributed by atoms with Gasteiger partial charge in [-0.05, 0) is 42.0 Å². The fourth-order valence-corrected chi connectivity index (χ4v) is 2.09. The predicted molar refractivity (Wildman–Crippen MR) is 87.9 cm³/mol. The van der Waals surface area contributed by atoms with Crippen molar-refractivity contribution in [3.63, 3.8) is 0 Å². The van der Waals surface area contributed by atoms with Crippen LogP contribution in [0.25, 0.3) is 0 Å². The Morgan fingerprint density at radius 3 is 2.19 bits per heavy atom. The Bertz CT molecular complexity index is 715. The van der Waals surface area contributed by atoms with Gasteiger partial charge in [-0.3, -0.25) is 4.79 Å². The third-order valence-corrected chi connectivity index (χ3v) is 3.54. The van der Waals surface area contributed by atoms with E-state index in [0.29, 0.717) is 11.3 Å². The number of aliphatic hydroxyl groups is 1. The van der Waals surface area contributed by atoms with E-state index in [1.165, 1.54) is 7.11 Å². The minimum Gasteiger partial charge on any atom is -0.497 e. The summed E-state index contributed by atoms with van der Waals surface area (Å²) >= 11 is 0. The molecule has 0 aliphatic carbocycles. The Labute approximate surface area is 148 Å². The van der Waals surface area contributed by atoms with Crippen molar-refractivity contribution in [2.24, 2.45) is 0 Å². The Kier molecular flexibility index (Phi) is 6.46. The Balaban J connectivity index is 1.77. The number of halogens is 3. The smallest absolute Gasteiger partial charge is 0.416 e. The predicted octanol–water partition coefficient (Wildman–Crippen LogP) is 2.94. The van der Waals surface area contributed by atoms with E-state index in [4.69, 9.17) is 9.47 Å². The van der Waals surface area contributed by atoms with Gasteiger partial charge in [0.2, 0.25) is 0 Å². The molecule has 2 aromatic carbocycles. The van der Waals surface area contributed by atoms with Gasteiger partial charge >= 0.3 is 6.18 Å². The average Bonchev–Trinajstić information content (AvgIpc) is 2.64. The zero-order valence-corrected chi connectivity index (χ0v) is 13.9. The lowest BCUT2D eigenvalue weighted by molar-refractivity contribution is -0.137. The first kappa shape index (κ1) is 19.6. The Morgan fingerprint density at radius 2 is 1.65 bits per heavy atom. The number of rotatable bonds is 7. The van der Waals surface area contributed by atoms with Gasteiger partial charge in [-0.25, -0.2) is 0 Å². The normalized spacial score (nSPS) is 12.3. The quantitative estimate of drug-likeness (QED) is 0.788. The average molecular weight is 369 g/mol. The number of aliphatic hydroxyl groups excluding tert-OH is 1. The highest BCUT2D eigenvalue weighted by molar-refractivity contribution is 5.77. The van der Waals surface area contributed by atoms with Crippen molar-refractivity contribution in [2.75, 3.05) is 20.3 Å². The molecule has 1 atom stereocenters. The van der Waals surface area contributed by atoms with Crippen LogP contribution in [-0.2, 0) is 11.0 Å². The lowest BCUT2D eigenvalue weighted by Gasteiger charge is -2.13. The largest absolute Gasteiger partial charge is 0.497 e. The molecule has 0 aromatic heterocycles. The van der Waals surface area contributed by atoms with Crippen LogP contribution in [0, 0.1) is 0 Å². The van der Waals surface area contributed by atoms with Crippen LogP contribution >= 0.6 is 0 Å². The molecule has 5 nitrogen and oxygen atoms in total. The molecule has 0 spiro atoms. The number of ether oxygens (including phenoxy) is 2. The SMILES string of the molecule is COc1ccc(C(O)CNC(=O)COc2ccc(C(F)(F)F)cc2)cc1. The van der Waals surface area contributed by atoms with E-state index in [1.807, 2.05) is 0 Å². The molecule has 0 saturated heterocycles. The number of hydrogen-bond donors (Lipinski definition) is 2. The molecule has 0 bridgehead atoms. The van der Waals surface area contributed by atoms with Crippen LogP contribution in [0.5, 0.6) is 11.5 Å². The number of nitrogens with one attached hydrogen (secondary N) is 1. The molecule has 2 N–H and O–H groups in total. The van der Waals surface area contributed by atoms with Crippen molar-refractivity contribution in [1.29, 1.82) is 0 Å². The zero-order valence-electron chi connectivity index (χ0n) is 13.9. The van der Waals surface area contributed by atoms with Gasteiger partial charge in [-0.1, -0.05) is 12.1 Å². The first-order chi connectivity index (χ1) is 12.3. The van der Waals surface area contributed by atoms with Crippen molar-refractivity contribution in [2.45, 2.75) is 12.3 Å². The molecule has 1 unspecified atom stereocenters. The Hall–Kier alpha value is -2.74. The third kappa shape index (κ3) is 5.66. The minimum atomic E-state index is -4.42. The van der Waals surface area contributed by atoms with E-state index in [1.54, 1.807) is 24.3 Å². The monoisotopic (exact) mass is 369 g/mol. The van der Waals surface area contributed by atoms with Crippen molar-refractivity contribution in [3.05, 3.63) is 59.7 Å². The van der Waals surface area contributed by atoms with Crippen molar-refractivity contribution >= 4 is 5.91 Å². The van der Waals surface area contributed by atoms with E-state index >= 15 is 0 Å². The molecule has 0 saturated carbocycles. The Morgan fingerprint density at radius 1 is 1.08 bits per heavy atom. The summed E-state index contributed by atoms with van der Waals surface area (Å²) in [4.78, 5) is 11.7. The summed E-state index contributed by atoms with van der Waals surface area (Å²) in [6, 6.07) is 10.8. The molecule has 2 aromatic rings. The molecule has 1 amide bonds. The molecule has 2 rings (SSSR count). The molecular weight excluding hydrogens is 351 g/mol. The van der Waals surface area contributed by atoms with Crippen LogP contribution in [0.2, 0.25) is 0 Å². The summed E-state index contributed by atoms with van der Waals surface area (Å²) in [5, 5.41) is 12.5. The number of hydrogen-bond acceptors (Lipinski definition) is 4. The first-order valence-electron chi connectivity index (χ1n) is 7.68. The number of carbonyl (C=O) groups is 1. The molecule has 0 fully saturated rings. The van der Waals surface area contributed by atoms with E-state index in [-0.39, 0.29) is 18.9 Å². The van der Waals surface area contributed by atoms with Crippen LogP contribution in [-0.4, -0.2) is 31.3 Å². The van der Waals surface area contributed by atoms with E-state index in [9.17, 15) is 23.1 Å². The number of carbonyl (C=O) groups excluding carboxylic acids is 1. The summed E-state index contributed by atoms with van der Waals surface area (Å²) in [6.07, 6.45) is -5.33. The summed E-state index contributed by atoms with van der Waals surface area (Å²) < 4.78 is 47.5. The summed E-state index contributed by atoms with van der Waals surface area (Å²) in [7, 11) is 1.53. The first-order valence-corrected chi connectivity index (χ1v) is 7.68.